The Bertz CT molecular complexity index is 358. The number of rotatable bonds is 4. The highest BCUT2D eigenvalue weighted by molar-refractivity contribution is 7.09. The number of aryl methyl sites for hydroxylation is 1. The van der Waals surface area contributed by atoms with Crippen LogP contribution in [0.25, 0.3) is 0 Å². The molecule has 1 aliphatic rings. The van der Waals surface area contributed by atoms with Crippen molar-refractivity contribution in [2.75, 3.05) is 13.1 Å². The van der Waals surface area contributed by atoms with Crippen LogP contribution in [-0.2, 0) is 0 Å². The molecule has 16 heavy (non-hydrogen) atoms. The second kappa shape index (κ2) is 5.41. The summed E-state index contributed by atoms with van der Waals surface area (Å²) in [6.45, 7) is 3.75. The molecule has 2 heterocycles. The first-order valence-corrected chi connectivity index (χ1v) is 6.57. The van der Waals surface area contributed by atoms with Crippen molar-refractivity contribution in [1.82, 2.24) is 15.6 Å². The third-order valence-electron chi connectivity index (χ3n) is 2.79. The van der Waals surface area contributed by atoms with Gasteiger partial charge in [0.2, 0.25) is 0 Å². The number of carbonyl (C=O) groups is 1. The van der Waals surface area contributed by atoms with Gasteiger partial charge < -0.3 is 10.6 Å². The summed E-state index contributed by atoms with van der Waals surface area (Å²) in [6, 6.07) is 0.581. The highest BCUT2D eigenvalue weighted by Crippen LogP contribution is 2.09. The molecule has 5 heteroatoms. The van der Waals surface area contributed by atoms with Crippen molar-refractivity contribution in [3.05, 3.63) is 16.1 Å². The van der Waals surface area contributed by atoms with Gasteiger partial charge in [0, 0.05) is 18.0 Å². The summed E-state index contributed by atoms with van der Waals surface area (Å²) < 4.78 is 0. The second-order valence-corrected chi connectivity index (χ2v) is 5.15. The Kier molecular flexibility index (Phi) is 3.90. The predicted molar refractivity (Wildman–Crippen MR) is 64.8 cm³/mol. The molecule has 0 bridgehead atoms. The molecule has 1 amide bonds. The van der Waals surface area contributed by atoms with E-state index < -0.39 is 0 Å². The number of nitrogens with one attached hydrogen (secondary N) is 2. The molecule has 0 saturated carbocycles. The number of aromatic nitrogens is 1. The van der Waals surface area contributed by atoms with Gasteiger partial charge in [0.25, 0.3) is 5.91 Å². The molecule has 1 saturated heterocycles. The Morgan fingerprint density at radius 2 is 2.62 bits per heavy atom. The summed E-state index contributed by atoms with van der Waals surface area (Å²) in [6.07, 6.45) is 3.49. The maximum absolute atomic E-state index is 11.6. The van der Waals surface area contributed by atoms with Crippen molar-refractivity contribution in [3.63, 3.8) is 0 Å². The van der Waals surface area contributed by atoms with E-state index in [1.165, 1.54) is 24.2 Å². The first-order valence-electron chi connectivity index (χ1n) is 5.69. The largest absolute Gasteiger partial charge is 0.351 e. The minimum atomic E-state index is -0.0534. The Labute approximate surface area is 99.5 Å². The van der Waals surface area contributed by atoms with Gasteiger partial charge in [0.05, 0.1) is 5.01 Å². The zero-order chi connectivity index (χ0) is 11.4. The summed E-state index contributed by atoms with van der Waals surface area (Å²) in [5, 5.41) is 9.05. The second-order valence-electron chi connectivity index (χ2n) is 4.09. The van der Waals surface area contributed by atoms with E-state index in [2.05, 4.69) is 15.6 Å². The minimum Gasteiger partial charge on any atom is -0.351 e. The van der Waals surface area contributed by atoms with E-state index in [1.54, 1.807) is 5.38 Å². The smallest absolute Gasteiger partial charge is 0.270 e. The van der Waals surface area contributed by atoms with Gasteiger partial charge in [-0.1, -0.05) is 0 Å². The maximum atomic E-state index is 11.6. The van der Waals surface area contributed by atoms with E-state index in [4.69, 9.17) is 0 Å². The predicted octanol–water partition coefficient (Wildman–Crippen LogP) is 1.32. The topological polar surface area (TPSA) is 54.0 Å². The zero-order valence-electron chi connectivity index (χ0n) is 9.45. The molecule has 4 nitrogen and oxygen atoms in total. The third-order valence-corrected chi connectivity index (χ3v) is 3.57. The van der Waals surface area contributed by atoms with Crippen molar-refractivity contribution in [2.24, 2.45) is 0 Å². The molecule has 88 valence electrons. The fraction of sp³-hybridized carbons (Fsp3) is 0.636. The summed E-state index contributed by atoms with van der Waals surface area (Å²) >= 11 is 1.51. The number of amides is 1. The first kappa shape index (κ1) is 11.5. The van der Waals surface area contributed by atoms with Crippen LogP contribution >= 0.6 is 11.3 Å². The van der Waals surface area contributed by atoms with Crippen LogP contribution in [0.2, 0.25) is 0 Å². The normalized spacial score (nSPS) is 19.9. The SMILES string of the molecule is Cc1nc(C(=O)NCC[C@@H]2CCCN2)cs1. The van der Waals surface area contributed by atoms with E-state index in [0.717, 1.165) is 24.5 Å². The molecule has 0 unspecified atom stereocenters. The summed E-state index contributed by atoms with van der Waals surface area (Å²) in [5.74, 6) is -0.0534. The molecule has 1 aromatic heterocycles. The van der Waals surface area contributed by atoms with Gasteiger partial charge >= 0.3 is 0 Å². The molecule has 1 aromatic rings. The van der Waals surface area contributed by atoms with Crippen molar-refractivity contribution in [1.29, 1.82) is 0 Å². The molecule has 1 aliphatic heterocycles. The van der Waals surface area contributed by atoms with E-state index in [1.807, 2.05) is 6.92 Å². The Balaban J connectivity index is 1.71. The van der Waals surface area contributed by atoms with Crippen molar-refractivity contribution < 1.29 is 4.79 Å². The average molecular weight is 239 g/mol. The van der Waals surface area contributed by atoms with Gasteiger partial charge in [0.1, 0.15) is 5.69 Å². The molecule has 2 rings (SSSR count). The van der Waals surface area contributed by atoms with Crippen LogP contribution in [0.1, 0.15) is 34.8 Å². The summed E-state index contributed by atoms with van der Waals surface area (Å²) in [5.41, 5.74) is 0.543. The van der Waals surface area contributed by atoms with Crippen LogP contribution in [0, 0.1) is 6.92 Å². The lowest BCUT2D eigenvalue weighted by molar-refractivity contribution is 0.0948. The number of hydrogen-bond donors (Lipinski definition) is 2. The summed E-state index contributed by atoms with van der Waals surface area (Å²) in [4.78, 5) is 15.8. The molecule has 0 aliphatic carbocycles. The lowest BCUT2D eigenvalue weighted by Gasteiger charge is -2.09. The fourth-order valence-electron chi connectivity index (χ4n) is 1.92. The lowest BCUT2D eigenvalue weighted by Crippen LogP contribution is -2.30. The lowest BCUT2D eigenvalue weighted by atomic mass is 10.1. The molecule has 1 atom stereocenters. The molecular formula is C11H17N3OS. The van der Waals surface area contributed by atoms with Crippen LogP contribution in [0.15, 0.2) is 5.38 Å². The van der Waals surface area contributed by atoms with E-state index in [-0.39, 0.29) is 5.91 Å². The van der Waals surface area contributed by atoms with E-state index >= 15 is 0 Å². The van der Waals surface area contributed by atoms with Crippen molar-refractivity contribution in [2.45, 2.75) is 32.2 Å². The molecule has 0 radical (unpaired) electrons. The molecular weight excluding hydrogens is 222 g/mol. The standard InChI is InChI=1S/C11H17N3OS/c1-8-14-10(7-16-8)11(15)13-6-4-9-3-2-5-12-9/h7,9,12H,2-6H2,1H3,(H,13,15)/t9-/m0/s1. The van der Waals surface area contributed by atoms with E-state index in [9.17, 15) is 4.79 Å². The first-order chi connectivity index (χ1) is 7.75. The highest BCUT2D eigenvalue weighted by Gasteiger charge is 2.14. The van der Waals surface area contributed by atoms with Crippen molar-refractivity contribution >= 4 is 17.2 Å². The van der Waals surface area contributed by atoms with Crippen molar-refractivity contribution in [3.8, 4) is 0 Å². The van der Waals surface area contributed by atoms with Crippen LogP contribution in [-0.4, -0.2) is 30.0 Å². The van der Waals surface area contributed by atoms with Gasteiger partial charge in [-0.15, -0.1) is 11.3 Å². The van der Waals surface area contributed by atoms with Crippen LogP contribution in [0.3, 0.4) is 0 Å². The van der Waals surface area contributed by atoms with Crippen LogP contribution in [0.4, 0.5) is 0 Å². The molecule has 1 fully saturated rings. The van der Waals surface area contributed by atoms with E-state index in [0.29, 0.717) is 11.7 Å². The average Bonchev–Trinajstić information content (AvgIpc) is 2.89. The maximum Gasteiger partial charge on any atom is 0.270 e. The van der Waals surface area contributed by atoms with Gasteiger partial charge in [-0.3, -0.25) is 4.79 Å². The third kappa shape index (κ3) is 3.02. The van der Waals surface area contributed by atoms with Gasteiger partial charge in [-0.2, -0.15) is 0 Å². The number of carbonyl (C=O) groups excluding carboxylic acids is 1. The summed E-state index contributed by atoms with van der Waals surface area (Å²) in [7, 11) is 0. The van der Waals surface area contributed by atoms with Gasteiger partial charge in [0.15, 0.2) is 0 Å². The monoisotopic (exact) mass is 239 g/mol. The zero-order valence-corrected chi connectivity index (χ0v) is 10.3. The Hall–Kier alpha value is -0.940. The van der Waals surface area contributed by atoms with Crippen LogP contribution in [0.5, 0.6) is 0 Å². The molecule has 0 aromatic carbocycles. The van der Waals surface area contributed by atoms with Gasteiger partial charge in [-0.05, 0) is 32.7 Å². The minimum absolute atomic E-state index is 0.0534. The van der Waals surface area contributed by atoms with Gasteiger partial charge in [-0.25, -0.2) is 4.98 Å². The quantitative estimate of drug-likeness (QED) is 0.833. The number of nitrogens with zero attached hydrogens (tertiary/aromatic N) is 1. The fourth-order valence-corrected chi connectivity index (χ4v) is 2.51. The Morgan fingerprint density at radius 1 is 1.75 bits per heavy atom. The number of hydrogen-bond acceptors (Lipinski definition) is 4. The highest BCUT2D eigenvalue weighted by atomic mass is 32.1. The Morgan fingerprint density at radius 3 is 3.25 bits per heavy atom. The van der Waals surface area contributed by atoms with Crippen LogP contribution < -0.4 is 10.6 Å². The number of thiazole rings is 1. The molecule has 0 spiro atoms. The molecule has 2 N–H and O–H groups in total.